The molecule has 0 atom stereocenters. The molecular formula is C10H6NO3Y-. The largest absolute Gasteiger partial charge is 0.376 e. The topological polar surface area (TPSA) is 54.5 Å². The summed E-state index contributed by atoms with van der Waals surface area (Å²) in [5.74, 6) is -0.814. The van der Waals surface area contributed by atoms with E-state index in [2.05, 4.69) is 0 Å². The minimum Gasteiger partial charge on any atom is -0.376 e. The zero-order valence-electron chi connectivity index (χ0n) is 7.98. The maximum absolute atomic E-state index is 11.5. The molecule has 1 radical (unpaired) electrons. The van der Waals surface area contributed by atoms with Gasteiger partial charge in [0.15, 0.2) is 0 Å². The van der Waals surface area contributed by atoms with Crippen LogP contribution >= 0.6 is 0 Å². The molecule has 1 heterocycles. The van der Waals surface area contributed by atoms with Crippen LogP contribution in [0, 0.1) is 0 Å². The first-order valence-electron chi connectivity index (χ1n) is 4.00. The molecule has 0 saturated carbocycles. The fraction of sp³-hybridized carbons (Fsp3) is 0.100. The number of rotatable bonds is 1. The zero-order valence-corrected chi connectivity index (χ0v) is 10.8. The van der Waals surface area contributed by atoms with Gasteiger partial charge in [0, 0.05) is 39.8 Å². The molecule has 1 aliphatic rings. The summed E-state index contributed by atoms with van der Waals surface area (Å²) >= 11 is 0. The minimum absolute atomic E-state index is 0. The van der Waals surface area contributed by atoms with Gasteiger partial charge in [-0.05, 0) is 11.1 Å². The Labute approximate surface area is 112 Å². The Balaban J connectivity index is 0.00000112. The number of amides is 2. The molecule has 73 valence electrons. The van der Waals surface area contributed by atoms with E-state index in [4.69, 9.17) is 0 Å². The van der Waals surface area contributed by atoms with Crippen molar-refractivity contribution in [3.05, 3.63) is 34.9 Å². The molecule has 1 aromatic carbocycles. The summed E-state index contributed by atoms with van der Waals surface area (Å²) in [5, 5.41) is 0. The monoisotopic (exact) mass is 277 g/mol. The number of benzene rings is 1. The van der Waals surface area contributed by atoms with E-state index in [0.717, 1.165) is 4.90 Å². The van der Waals surface area contributed by atoms with Crippen LogP contribution in [0.15, 0.2) is 18.2 Å². The van der Waals surface area contributed by atoms with Gasteiger partial charge in [0.25, 0.3) is 0 Å². The van der Waals surface area contributed by atoms with Gasteiger partial charge in [0.1, 0.15) is 0 Å². The van der Waals surface area contributed by atoms with Crippen molar-refractivity contribution in [1.82, 2.24) is 4.90 Å². The number of nitrogens with zero attached hydrogens (tertiary/aromatic N) is 1. The van der Waals surface area contributed by atoms with Gasteiger partial charge in [-0.15, -0.1) is 11.6 Å². The Bertz CT molecular complexity index is 456. The third kappa shape index (κ3) is 1.68. The Hall–Kier alpha value is -0.866. The predicted octanol–water partition coefficient (Wildman–Crippen LogP) is 0.368. The van der Waals surface area contributed by atoms with Crippen LogP contribution in [0.5, 0.6) is 0 Å². The number of carbonyl (C=O) groups is 2. The Morgan fingerprint density at radius 1 is 1.20 bits per heavy atom. The van der Waals surface area contributed by atoms with Crippen LogP contribution in [-0.4, -0.2) is 30.0 Å². The van der Waals surface area contributed by atoms with E-state index in [1.807, 2.05) is 0 Å². The molecule has 5 heteroatoms. The van der Waals surface area contributed by atoms with Crippen molar-refractivity contribution in [1.29, 1.82) is 0 Å². The van der Waals surface area contributed by atoms with Crippen LogP contribution < -0.4 is 0 Å². The molecule has 2 rings (SSSR count). The van der Waals surface area contributed by atoms with Gasteiger partial charge >= 0.3 is 0 Å². The van der Waals surface area contributed by atoms with E-state index in [0.29, 0.717) is 0 Å². The fourth-order valence-corrected chi connectivity index (χ4v) is 1.49. The van der Waals surface area contributed by atoms with Gasteiger partial charge in [-0.1, -0.05) is 6.07 Å². The molecule has 0 N–H and O–H groups in total. The average Bonchev–Trinajstić information content (AvgIpc) is 2.44. The molecule has 0 aliphatic carbocycles. The first kappa shape index (κ1) is 12.2. The second-order valence-corrected chi connectivity index (χ2v) is 3.00. The van der Waals surface area contributed by atoms with Crippen LogP contribution in [0.3, 0.4) is 0 Å². The van der Waals surface area contributed by atoms with Crippen molar-refractivity contribution in [3.8, 4) is 0 Å². The molecule has 1 aliphatic heterocycles. The summed E-state index contributed by atoms with van der Waals surface area (Å²) in [4.78, 5) is 34.5. The molecule has 0 spiro atoms. The number of carbonyl (C=O) groups excluding carboxylic acids is 3. The fourth-order valence-electron chi connectivity index (χ4n) is 1.49. The van der Waals surface area contributed by atoms with E-state index >= 15 is 0 Å². The smallest absolute Gasteiger partial charge is 0.248 e. The van der Waals surface area contributed by atoms with Gasteiger partial charge in [-0.3, -0.25) is 14.5 Å². The summed E-state index contributed by atoms with van der Waals surface area (Å²) in [6.07, 6.45) is 1.65. The Morgan fingerprint density at radius 2 is 1.87 bits per heavy atom. The van der Waals surface area contributed by atoms with Crippen molar-refractivity contribution in [2.24, 2.45) is 0 Å². The molecule has 1 aromatic rings. The summed E-state index contributed by atoms with van der Waals surface area (Å²) in [5.41, 5.74) is 0.582. The third-order valence-electron chi connectivity index (χ3n) is 2.23. The van der Waals surface area contributed by atoms with Crippen molar-refractivity contribution in [3.63, 3.8) is 0 Å². The first-order valence-corrected chi connectivity index (χ1v) is 4.00. The second kappa shape index (κ2) is 4.33. The Morgan fingerprint density at radius 3 is 2.47 bits per heavy atom. The summed E-state index contributed by atoms with van der Waals surface area (Å²) in [7, 11) is 1.39. The van der Waals surface area contributed by atoms with Crippen molar-refractivity contribution < 1.29 is 47.1 Å². The summed E-state index contributed by atoms with van der Waals surface area (Å²) in [6.45, 7) is 0. The van der Waals surface area contributed by atoms with Crippen molar-refractivity contribution in [2.45, 2.75) is 0 Å². The van der Waals surface area contributed by atoms with Crippen LogP contribution in [0.4, 0.5) is 0 Å². The van der Waals surface area contributed by atoms with Crippen molar-refractivity contribution in [2.75, 3.05) is 7.05 Å². The molecular weight excluding hydrogens is 271 g/mol. The summed E-state index contributed by atoms with van der Waals surface area (Å²) in [6, 6.07) is 4.56. The van der Waals surface area contributed by atoms with E-state index < -0.39 is 5.91 Å². The van der Waals surface area contributed by atoms with Crippen LogP contribution in [0.1, 0.15) is 26.3 Å². The van der Waals surface area contributed by atoms with E-state index in [1.165, 1.54) is 19.2 Å². The molecule has 0 aromatic heterocycles. The molecule has 2 amide bonds. The maximum atomic E-state index is 11.5. The van der Waals surface area contributed by atoms with Gasteiger partial charge in [0.2, 0.25) is 11.8 Å². The first-order chi connectivity index (χ1) is 6.66. The number of hydrogen-bond acceptors (Lipinski definition) is 3. The minimum atomic E-state index is -0.441. The second-order valence-electron chi connectivity index (χ2n) is 3.00. The van der Waals surface area contributed by atoms with Gasteiger partial charge in [-0.2, -0.15) is 6.07 Å². The van der Waals surface area contributed by atoms with Crippen LogP contribution in [0.2, 0.25) is 0 Å². The van der Waals surface area contributed by atoms with Crippen LogP contribution in [0.25, 0.3) is 0 Å². The molecule has 0 saturated heterocycles. The summed E-state index contributed by atoms with van der Waals surface area (Å²) < 4.78 is 0. The zero-order chi connectivity index (χ0) is 10.3. The van der Waals surface area contributed by atoms with E-state index in [-0.39, 0.29) is 55.3 Å². The van der Waals surface area contributed by atoms with Gasteiger partial charge < -0.3 is 4.79 Å². The van der Waals surface area contributed by atoms with Gasteiger partial charge in [0.05, 0.1) is 6.29 Å². The maximum Gasteiger partial charge on any atom is 0.248 e. The van der Waals surface area contributed by atoms with Crippen molar-refractivity contribution >= 4 is 18.1 Å². The third-order valence-corrected chi connectivity index (χ3v) is 2.23. The number of hydrogen-bond donors (Lipinski definition) is 0. The van der Waals surface area contributed by atoms with Crippen LogP contribution in [-0.2, 0) is 37.5 Å². The quantitative estimate of drug-likeness (QED) is 0.550. The number of imide groups is 1. The van der Waals surface area contributed by atoms with E-state index in [9.17, 15) is 14.4 Å². The molecule has 0 unspecified atom stereocenters. The van der Waals surface area contributed by atoms with E-state index in [1.54, 1.807) is 12.4 Å². The Kier molecular flexibility index (Phi) is 3.52. The standard InChI is InChI=1S/C10H6NO3.Y/c1-11-9(13)7-4-2-3-6(5-12)8(7)10(11)14;/h2-4H,1H3;/q-1;. The normalized spacial score (nSPS) is 13.5. The predicted molar refractivity (Wildman–Crippen MR) is 47.7 cm³/mol. The SMILES string of the molecule is CN1C(=O)c2cccc([C-]=O)c2C1=O.[Y]. The molecule has 4 nitrogen and oxygen atoms in total. The number of fused-ring (bicyclic) bond motifs is 1. The molecule has 0 fully saturated rings. The molecule has 0 bridgehead atoms. The average molecular weight is 277 g/mol. The molecule has 15 heavy (non-hydrogen) atoms. The van der Waals surface area contributed by atoms with Gasteiger partial charge in [-0.25, -0.2) is 0 Å².